The second kappa shape index (κ2) is 22.6. The van der Waals surface area contributed by atoms with Gasteiger partial charge in [0.15, 0.2) is 5.96 Å². The molecule has 0 spiro atoms. The Balaban J connectivity index is 1.12. The largest absolute Gasteiger partial charge is 0.372 e. The van der Waals surface area contributed by atoms with E-state index in [2.05, 4.69) is 36.2 Å². The lowest BCUT2D eigenvalue weighted by molar-refractivity contribution is -0.148. The van der Waals surface area contributed by atoms with Crippen LogP contribution in [0.5, 0.6) is 0 Å². The van der Waals surface area contributed by atoms with Crippen LogP contribution in [-0.2, 0) is 59.4 Å². The second-order valence-electron chi connectivity index (χ2n) is 19.2. The first-order valence-electron chi connectivity index (χ1n) is 24.8. The molecule has 8 atom stereocenters. The number of para-hydroxylation sites is 2. The molecule has 380 valence electrons. The third-order valence-electron chi connectivity index (χ3n) is 14.0. The molecule has 19 heteroatoms. The normalized spacial score (nSPS) is 24.3. The Morgan fingerprint density at radius 3 is 1.66 bits per heavy atom. The maximum atomic E-state index is 15.2. The van der Waals surface area contributed by atoms with Gasteiger partial charge in [-0.1, -0.05) is 97.1 Å². The van der Waals surface area contributed by atoms with Crippen molar-refractivity contribution >= 4 is 63.2 Å². The van der Waals surface area contributed by atoms with E-state index in [9.17, 15) is 9.59 Å². The molecule has 12 N–H and O–H groups in total. The van der Waals surface area contributed by atoms with E-state index < -0.39 is 83.8 Å². The maximum absolute atomic E-state index is 15.2. The number of aliphatic imine (C=N–C) groups is 1. The molecule has 0 unspecified atom stereocenters. The number of guanidine groups is 1. The van der Waals surface area contributed by atoms with Crippen LogP contribution in [0.3, 0.4) is 0 Å². The minimum absolute atomic E-state index is 0.00432. The molecule has 0 saturated carbocycles. The minimum Gasteiger partial charge on any atom is -0.372 e. The summed E-state index contributed by atoms with van der Waals surface area (Å²) in [5.74, 6) is -3.89. The number of nitrogens with zero attached hydrogens (tertiary/aromatic N) is 3. The van der Waals surface area contributed by atoms with Crippen molar-refractivity contribution in [2.75, 3.05) is 19.6 Å². The molecule has 3 saturated heterocycles. The van der Waals surface area contributed by atoms with Crippen LogP contribution in [-0.4, -0.2) is 129 Å². The van der Waals surface area contributed by atoms with Crippen LogP contribution < -0.4 is 38.5 Å². The average molecular weight is 991 g/mol. The number of fused-ring (bicyclic) bond motifs is 4. The number of H-pyrrole nitrogens is 2. The lowest BCUT2D eigenvalue weighted by Gasteiger charge is -2.34. The molecule has 0 bridgehead atoms. The van der Waals surface area contributed by atoms with Gasteiger partial charge in [-0.15, -0.1) is 0 Å². The Hall–Kier alpha value is -8.03. The SMILES string of the molecule is NC(N)=NCCC[C@@H]1NC(=O)[C@H](Cc2c[nH]c3ccccc23)NC(=O)[C@@H](Cc2ccccc2)NC(=O)[C@H](Cc2c[nH]c3ccccc23)NC(=O)[C@@H]2C[C@@H](OCc3ccccc3)CN2C(=O)[C@H]2C[C@@H](N)CN2C1=O. The topological polar surface area (TPSA) is 288 Å². The van der Waals surface area contributed by atoms with Gasteiger partial charge in [-0.2, -0.15) is 0 Å². The van der Waals surface area contributed by atoms with E-state index in [4.69, 9.17) is 21.9 Å². The van der Waals surface area contributed by atoms with Crippen molar-refractivity contribution in [3.8, 4) is 0 Å². The molecule has 73 heavy (non-hydrogen) atoms. The van der Waals surface area contributed by atoms with E-state index in [-0.39, 0.29) is 77.1 Å². The quantitative estimate of drug-likeness (QED) is 0.0460. The summed E-state index contributed by atoms with van der Waals surface area (Å²) in [7, 11) is 0. The van der Waals surface area contributed by atoms with E-state index in [0.29, 0.717) is 11.1 Å². The van der Waals surface area contributed by atoms with E-state index >= 15 is 19.2 Å². The molecule has 3 fully saturated rings. The summed E-state index contributed by atoms with van der Waals surface area (Å²) in [6, 6.07) is 25.8. The monoisotopic (exact) mass is 990 g/mol. The highest BCUT2D eigenvalue weighted by atomic mass is 16.5. The van der Waals surface area contributed by atoms with Crippen LogP contribution in [0.2, 0.25) is 0 Å². The number of nitrogens with two attached hydrogens (primary N) is 3. The Kier molecular flexibility index (Phi) is 15.5. The second-order valence-corrected chi connectivity index (χ2v) is 19.2. The molecule has 5 heterocycles. The zero-order chi connectivity index (χ0) is 51.0. The number of aromatic nitrogens is 2. The highest BCUT2D eigenvalue weighted by molar-refractivity contribution is 5.99. The Morgan fingerprint density at radius 1 is 0.562 bits per heavy atom. The summed E-state index contributed by atoms with van der Waals surface area (Å²) >= 11 is 0. The first-order chi connectivity index (χ1) is 35.4. The fourth-order valence-corrected chi connectivity index (χ4v) is 10.3. The van der Waals surface area contributed by atoms with Gasteiger partial charge >= 0.3 is 0 Å². The molecule has 4 aromatic carbocycles. The van der Waals surface area contributed by atoms with Gasteiger partial charge in [0.05, 0.1) is 12.7 Å². The van der Waals surface area contributed by atoms with Gasteiger partial charge in [-0.05, 0) is 53.6 Å². The summed E-state index contributed by atoms with van der Waals surface area (Å²) in [6.07, 6.45) is 3.41. The van der Waals surface area contributed by atoms with E-state index in [1.165, 1.54) is 9.80 Å². The number of carbonyl (C=O) groups excluding carboxylic acids is 6. The van der Waals surface area contributed by atoms with E-state index in [0.717, 1.165) is 32.9 Å². The summed E-state index contributed by atoms with van der Waals surface area (Å²) in [5, 5.41) is 13.5. The van der Waals surface area contributed by atoms with Crippen molar-refractivity contribution in [3.05, 3.63) is 144 Å². The molecule has 9 rings (SSSR count). The van der Waals surface area contributed by atoms with Crippen LogP contribution in [0.15, 0.2) is 127 Å². The number of amides is 6. The molecule has 3 aliphatic heterocycles. The van der Waals surface area contributed by atoms with Gasteiger partial charge in [0.1, 0.15) is 36.3 Å². The average Bonchev–Trinajstić information content (AvgIpc) is 4.21. The molecule has 6 aromatic rings. The van der Waals surface area contributed by atoms with Gasteiger partial charge in [-0.3, -0.25) is 33.8 Å². The van der Waals surface area contributed by atoms with Crippen molar-refractivity contribution in [1.29, 1.82) is 0 Å². The molecule has 0 aliphatic carbocycles. The molecule has 19 nitrogen and oxygen atoms in total. The highest BCUT2D eigenvalue weighted by Gasteiger charge is 2.48. The molecular formula is C54H62N12O7. The summed E-state index contributed by atoms with van der Waals surface area (Å²) in [6.45, 7) is 0.332. The van der Waals surface area contributed by atoms with Crippen molar-refractivity contribution in [3.63, 3.8) is 0 Å². The third-order valence-corrected chi connectivity index (χ3v) is 14.0. The molecular weight excluding hydrogens is 929 g/mol. The Labute approximate surface area is 422 Å². The van der Waals surface area contributed by atoms with Crippen LogP contribution in [0.25, 0.3) is 21.8 Å². The summed E-state index contributed by atoms with van der Waals surface area (Å²) in [5.41, 5.74) is 22.5. The van der Waals surface area contributed by atoms with Gasteiger partial charge < -0.3 is 63.0 Å². The number of hydrogen-bond acceptors (Lipinski definition) is 9. The number of rotatable bonds is 13. The van der Waals surface area contributed by atoms with Gasteiger partial charge in [0.25, 0.3) is 0 Å². The number of carbonyl (C=O) groups is 6. The fraction of sp³-hybridized carbons (Fsp3) is 0.352. The van der Waals surface area contributed by atoms with Gasteiger partial charge in [0.2, 0.25) is 35.4 Å². The van der Waals surface area contributed by atoms with Crippen LogP contribution in [0, 0.1) is 0 Å². The molecule has 6 amide bonds. The van der Waals surface area contributed by atoms with Crippen molar-refractivity contribution in [2.24, 2.45) is 22.2 Å². The first kappa shape index (κ1) is 49.9. The van der Waals surface area contributed by atoms with Crippen molar-refractivity contribution < 1.29 is 33.5 Å². The Morgan fingerprint density at radius 2 is 1.07 bits per heavy atom. The smallest absolute Gasteiger partial charge is 0.246 e. The predicted molar refractivity (Wildman–Crippen MR) is 275 cm³/mol. The lowest BCUT2D eigenvalue weighted by Crippen LogP contribution is -2.61. The third kappa shape index (κ3) is 11.9. The van der Waals surface area contributed by atoms with E-state index in [1.54, 1.807) is 12.4 Å². The fourth-order valence-electron chi connectivity index (χ4n) is 10.3. The standard InChI is InChI=1S/C54H62N12O7/c55-36-25-47-53(72)66-30-37(73-31-33-14-5-2-6-15-33)26-46(66)51(70)64-45(24-35-28-60-41-19-10-8-17-39(35)41)50(69)62-43(22-32-12-3-1-4-13-32)48(67)63-44(23-34-27-59-40-18-9-7-16-38(34)40)49(68)61-42(52(71)65(47)29-36)20-11-21-58-54(56)57/h1-10,12-19,27-28,36-37,42-47,59-60H,11,20-26,29-31,55H2,(H,61,68)(H,62,69)(H,63,67)(H,64,70)(H4,56,57,58)/t36-,37-,42+,43-,44+,45+,46+,47-/m1/s1. The minimum atomic E-state index is -1.29. The van der Waals surface area contributed by atoms with Crippen molar-refractivity contribution in [1.82, 2.24) is 41.0 Å². The van der Waals surface area contributed by atoms with Crippen molar-refractivity contribution in [2.45, 2.75) is 99.9 Å². The summed E-state index contributed by atoms with van der Waals surface area (Å²) in [4.78, 5) is 104. The first-order valence-corrected chi connectivity index (χ1v) is 24.8. The number of aromatic amines is 2. The number of benzene rings is 4. The predicted octanol–water partition coefficient (Wildman–Crippen LogP) is 1.80. The zero-order valence-electron chi connectivity index (χ0n) is 40.4. The maximum Gasteiger partial charge on any atom is 0.246 e. The molecule has 0 radical (unpaired) electrons. The number of nitrogens with one attached hydrogen (secondary N) is 6. The van der Waals surface area contributed by atoms with Gasteiger partial charge in [-0.25, -0.2) is 0 Å². The molecule has 3 aliphatic rings. The summed E-state index contributed by atoms with van der Waals surface area (Å²) < 4.78 is 6.38. The van der Waals surface area contributed by atoms with E-state index in [1.807, 2.05) is 109 Å². The molecule has 2 aromatic heterocycles. The number of hydrogen-bond donors (Lipinski definition) is 9. The van der Waals surface area contributed by atoms with Gasteiger partial charge in [0, 0.05) is 85.6 Å². The van der Waals surface area contributed by atoms with Crippen LogP contribution >= 0.6 is 0 Å². The highest BCUT2D eigenvalue weighted by Crippen LogP contribution is 2.29. The zero-order valence-corrected chi connectivity index (χ0v) is 40.4. The Bertz CT molecular complexity index is 2970. The number of ether oxygens (including phenoxy) is 1. The van der Waals surface area contributed by atoms with Crippen LogP contribution in [0.4, 0.5) is 0 Å². The lowest BCUT2D eigenvalue weighted by atomic mass is 10.00. The van der Waals surface area contributed by atoms with Crippen LogP contribution in [0.1, 0.15) is 47.9 Å².